The first-order valence-corrected chi connectivity index (χ1v) is 9.54. The van der Waals surface area contributed by atoms with Gasteiger partial charge in [-0.25, -0.2) is 4.99 Å². The number of hydrogen-bond donors (Lipinski definition) is 0. The van der Waals surface area contributed by atoms with Crippen LogP contribution in [0.15, 0.2) is 75.2 Å². The lowest BCUT2D eigenvalue weighted by molar-refractivity contribution is 0.409. The van der Waals surface area contributed by atoms with Crippen LogP contribution in [0.25, 0.3) is 0 Å². The average molecular weight is 369 g/mol. The molecular formula is C20H20N2OS2. The summed E-state index contributed by atoms with van der Waals surface area (Å²) in [6, 6.07) is 20.5. The van der Waals surface area contributed by atoms with E-state index in [1.165, 1.54) is 0 Å². The van der Waals surface area contributed by atoms with Crippen LogP contribution in [0, 0.1) is 0 Å². The van der Waals surface area contributed by atoms with Gasteiger partial charge in [0.15, 0.2) is 5.75 Å². The zero-order valence-corrected chi connectivity index (χ0v) is 16.1. The van der Waals surface area contributed by atoms with Crippen molar-refractivity contribution in [1.29, 1.82) is 0 Å². The van der Waals surface area contributed by atoms with E-state index in [4.69, 9.17) is 9.73 Å². The van der Waals surface area contributed by atoms with Gasteiger partial charge in [0.05, 0.1) is 12.8 Å². The van der Waals surface area contributed by atoms with Crippen molar-refractivity contribution in [3.8, 4) is 5.75 Å². The molecule has 3 aromatic rings. The molecule has 0 fully saturated rings. The van der Waals surface area contributed by atoms with Crippen LogP contribution in [0.1, 0.15) is 11.1 Å². The number of methoxy groups -OCH3 is 1. The van der Waals surface area contributed by atoms with Crippen LogP contribution >= 0.6 is 23.3 Å². The Labute approximate surface area is 157 Å². The third-order valence-corrected chi connectivity index (χ3v) is 5.46. The third-order valence-electron chi connectivity index (χ3n) is 3.49. The number of thiophene rings is 1. The molecule has 0 spiro atoms. The van der Waals surface area contributed by atoms with Crippen LogP contribution in [-0.4, -0.2) is 31.2 Å². The van der Waals surface area contributed by atoms with Gasteiger partial charge in [-0.1, -0.05) is 60.7 Å². The van der Waals surface area contributed by atoms with Crippen LogP contribution in [0.2, 0.25) is 0 Å². The van der Waals surface area contributed by atoms with Gasteiger partial charge < -0.3 is 4.74 Å². The summed E-state index contributed by atoms with van der Waals surface area (Å²) in [4.78, 5) is 4.97. The Morgan fingerprint density at radius 3 is 2.00 bits per heavy atom. The molecule has 0 aliphatic heterocycles. The lowest BCUT2D eigenvalue weighted by Gasteiger charge is -2.10. The predicted molar refractivity (Wildman–Crippen MR) is 109 cm³/mol. The summed E-state index contributed by atoms with van der Waals surface area (Å²) in [6.07, 6.45) is 0. The third kappa shape index (κ3) is 4.31. The number of rotatable bonds is 6. The number of ether oxygens (including phenoxy) is 1. The first kappa shape index (κ1) is 17.7. The molecule has 0 unspecified atom stereocenters. The smallest absolute Gasteiger partial charge is 0.170 e. The lowest BCUT2D eigenvalue weighted by Crippen LogP contribution is -2.02. The molecule has 2 aromatic carbocycles. The quantitative estimate of drug-likeness (QED) is 0.424. The summed E-state index contributed by atoms with van der Waals surface area (Å²) in [5.41, 5.74) is 3.98. The van der Waals surface area contributed by atoms with Crippen LogP contribution < -0.4 is 4.74 Å². The summed E-state index contributed by atoms with van der Waals surface area (Å²) >= 11 is 3.30. The van der Waals surface area contributed by atoms with Gasteiger partial charge in [-0.2, -0.15) is 0 Å². The second-order valence-electron chi connectivity index (χ2n) is 5.54. The maximum atomic E-state index is 5.65. The molecule has 25 heavy (non-hydrogen) atoms. The van der Waals surface area contributed by atoms with E-state index in [1.807, 2.05) is 50.5 Å². The van der Waals surface area contributed by atoms with Gasteiger partial charge >= 0.3 is 0 Å². The molecule has 0 aliphatic rings. The predicted octanol–water partition coefficient (Wildman–Crippen LogP) is 5.49. The lowest BCUT2D eigenvalue weighted by atomic mass is 10.0. The maximum Gasteiger partial charge on any atom is 0.170 e. The standard InChI is InChI=1S/C20H20N2OS2/c1-22(2)25-20-19(23-3)17(14-24-20)21-18(15-10-6-4-7-11-15)16-12-8-5-9-13-16/h4-14H,1-3H3. The summed E-state index contributed by atoms with van der Waals surface area (Å²) in [5.74, 6) is 0.827. The van der Waals surface area contributed by atoms with Gasteiger partial charge in [-0.15, -0.1) is 11.3 Å². The van der Waals surface area contributed by atoms with Crippen LogP contribution in [0.4, 0.5) is 5.69 Å². The summed E-state index contributed by atoms with van der Waals surface area (Å²) < 4.78 is 8.80. The maximum absolute atomic E-state index is 5.65. The number of hydrogen-bond acceptors (Lipinski definition) is 5. The first-order chi connectivity index (χ1) is 12.2. The van der Waals surface area contributed by atoms with Crippen molar-refractivity contribution >= 4 is 34.7 Å². The molecule has 0 bridgehead atoms. The van der Waals surface area contributed by atoms with Crippen molar-refractivity contribution in [2.75, 3.05) is 21.2 Å². The molecule has 0 N–H and O–H groups in total. The van der Waals surface area contributed by atoms with Crippen molar-refractivity contribution in [3.05, 3.63) is 77.2 Å². The largest absolute Gasteiger partial charge is 0.492 e. The molecule has 5 heteroatoms. The van der Waals surface area contributed by atoms with Gasteiger partial charge in [0.25, 0.3) is 0 Å². The first-order valence-electron chi connectivity index (χ1n) is 7.89. The Kier molecular flexibility index (Phi) is 5.91. The molecule has 1 heterocycles. The van der Waals surface area contributed by atoms with Crippen LogP contribution in [-0.2, 0) is 0 Å². The zero-order valence-electron chi connectivity index (χ0n) is 14.5. The zero-order chi connectivity index (χ0) is 17.6. The van der Waals surface area contributed by atoms with Gasteiger partial charge in [0.2, 0.25) is 0 Å². The van der Waals surface area contributed by atoms with Crippen LogP contribution in [0.3, 0.4) is 0 Å². The fraction of sp³-hybridized carbons (Fsp3) is 0.150. The molecular weight excluding hydrogens is 348 g/mol. The topological polar surface area (TPSA) is 24.8 Å². The number of nitrogens with zero attached hydrogens (tertiary/aromatic N) is 2. The Bertz CT molecular complexity index is 801. The van der Waals surface area contributed by atoms with E-state index < -0.39 is 0 Å². The molecule has 128 valence electrons. The highest BCUT2D eigenvalue weighted by Crippen LogP contribution is 2.44. The average Bonchev–Trinajstić information content (AvgIpc) is 3.01. The van der Waals surface area contributed by atoms with E-state index in [-0.39, 0.29) is 0 Å². The molecule has 1 aromatic heterocycles. The Balaban J connectivity index is 2.10. The molecule has 3 rings (SSSR count). The van der Waals surface area contributed by atoms with Crippen molar-refractivity contribution < 1.29 is 4.74 Å². The van der Waals surface area contributed by atoms with Crippen molar-refractivity contribution in [2.24, 2.45) is 4.99 Å². The normalized spacial score (nSPS) is 10.7. The minimum atomic E-state index is 0.827. The van der Waals surface area contributed by atoms with Gasteiger partial charge in [0, 0.05) is 16.5 Å². The molecule has 0 aliphatic carbocycles. The van der Waals surface area contributed by atoms with Crippen molar-refractivity contribution in [2.45, 2.75) is 4.21 Å². The highest BCUT2D eigenvalue weighted by Gasteiger charge is 2.15. The van der Waals surface area contributed by atoms with E-state index in [0.29, 0.717) is 0 Å². The molecule has 0 radical (unpaired) electrons. The van der Waals surface area contributed by atoms with E-state index >= 15 is 0 Å². The SMILES string of the molecule is COc1c(N=C(c2ccccc2)c2ccccc2)csc1SN(C)C. The summed E-state index contributed by atoms with van der Waals surface area (Å²) in [7, 11) is 5.74. The second-order valence-corrected chi connectivity index (χ2v) is 8.00. The van der Waals surface area contributed by atoms with Crippen molar-refractivity contribution in [1.82, 2.24) is 4.31 Å². The number of aliphatic imine (C=N–C) groups is 1. The fourth-order valence-electron chi connectivity index (χ4n) is 2.42. The van der Waals surface area contributed by atoms with E-state index in [0.717, 1.165) is 32.5 Å². The highest BCUT2D eigenvalue weighted by molar-refractivity contribution is 7.99. The van der Waals surface area contributed by atoms with Crippen LogP contribution in [0.5, 0.6) is 5.75 Å². The fourth-order valence-corrected chi connectivity index (χ4v) is 4.46. The van der Waals surface area contributed by atoms with E-state index in [2.05, 4.69) is 34.0 Å². The Morgan fingerprint density at radius 1 is 0.960 bits per heavy atom. The monoisotopic (exact) mass is 368 g/mol. The number of benzene rings is 2. The minimum absolute atomic E-state index is 0.827. The molecule has 0 saturated heterocycles. The molecule has 0 amide bonds. The van der Waals surface area contributed by atoms with Gasteiger partial charge in [-0.05, 0) is 26.0 Å². The Hall–Kier alpha value is -2.08. The molecule has 0 atom stereocenters. The molecule has 0 saturated carbocycles. The van der Waals surface area contributed by atoms with E-state index in [9.17, 15) is 0 Å². The van der Waals surface area contributed by atoms with Gasteiger partial charge in [-0.3, -0.25) is 4.31 Å². The summed E-state index contributed by atoms with van der Waals surface area (Å²) in [6.45, 7) is 0. The Morgan fingerprint density at radius 2 is 1.52 bits per heavy atom. The van der Waals surface area contributed by atoms with E-state index in [1.54, 1.807) is 30.4 Å². The van der Waals surface area contributed by atoms with Gasteiger partial charge in [0.1, 0.15) is 9.90 Å². The molecule has 3 nitrogen and oxygen atoms in total. The highest BCUT2D eigenvalue weighted by atomic mass is 32.2. The van der Waals surface area contributed by atoms with Crippen molar-refractivity contribution in [3.63, 3.8) is 0 Å². The second kappa shape index (κ2) is 8.34. The summed E-state index contributed by atoms with van der Waals surface area (Å²) in [5, 5.41) is 2.05. The minimum Gasteiger partial charge on any atom is -0.492 e.